The number of Topliss-reactive ketones (excluding diaryl/α,β-unsaturated/α-hetero) is 1. The first-order valence-electron chi connectivity index (χ1n) is 7.19. The summed E-state index contributed by atoms with van der Waals surface area (Å²) >= 11 is 0. The maximum atomic E-state index is 13.1. The SMILES string of the molecule is COc1ccc(C(O)=C2C(=O)C(=O)NC2c2ccc(F)cc2)cc1. The number of carbonyl (C=O) groups excluding carboxylic acids is 2. The van der Waals surface area contributed by atoms with E-state index in [0.29, 0.717) is 16.9 Å². The highest BCUT2D eigenvalue weighted by atomic mass is 19.1. The van der Waals surface area contributed by atoms with Gasteiger partial charge in [-0.05, 0) is 42.0 Å². The minimum atomic E-state index is -0.826. The number of aliphatic hydroxyl groups excluding tert-OH is 1. The standard InChI is InChI=1S/C18H14FNO4/c1-24-13-8-4-11(5-9-13)16(21)14-15(20-18(23)17(14)22)10-2-6-12(19)7-3-10/h2-9,15,21H,1H3,(H,20,23). The van der Waals surface area contributed by atoms with Crippen LogP contribution in [0, 0.1) is 5.82 Å². The van der Waals surface area contributed by atoms with Crippen molar-refractivity contribution in [1.82, 2.24) is 5.32 Å². The van der Waals surface area contributed by atoms with Gasteiger partial charge in [-0.2, -0.15) is 0 Å². The molecule has 0 bridgehead atoms. The zero-order valence-corrected chi connectivity index (χ0v) is 12.7. The van der Waals surface area contributed by atoms with Gasteiger partial charge in [-0.1, -0.05) is 12.1 Å². The number of methoxy groups -OCH3 is 1. The lowest BCUT2D eigenvalue weighted by molar-refractivity contribution is -0.133. The van der Waals surface area contributed by atoms with Crippen molar-refractivity contribution in [3.8, 4) is 5.75 Å². The molecule has 1 aliphatic rings. The first-order chi connectivity index (χ1) is 11.5. The molecular formula is C18H14FNO4. The van der Waals surface area contributed by atoms with Gasteiger partial charge in [0.05, 0.1) is 18.7 Å². The number of rotatable bonds is 3. The van der Waals surface area contributed by atoms with E-state index < -0.39 is 23.5 Å². The summed E-state index contributed by atoms with van der Waals surface area (Å²) in [4.78, 5) is 23.9. The summed E-state index contributed by atoms with van der Waals surface area (Å²) in [6.07, 6.45) is 0. The monoisotopic (exact) mass is 327 g/mol. The Kier molecular flexibility index (Phi) is 4.04. The third-order valence-corrected chi connectivity index (χ3v) is 3.84. The highest BCUT2D eigenvalue weighted by molar-refractivity contribution is 6.46. The second-order valence-electron chi connectivity index (χ2n) is 5.28. The summed E-state index contributed by atoms with van der Waals surface area (Å²) in [5, 5.41) is 13.0. The first-order valence-corrected chi connectivity index (χ1v) is 7.19. The lowest BCUT2D eigenvalue weighted by atomic mass is 9.96. The predicted octanol–water partition coefficient (Wildman–Crippen LogP) is 2.54. The van der Waals surface area contributed by atoms with Crippen LogP contribution in [-0.2, 0) is 9.59 Å². The average molecular weight is 327 g/mol. The van der Waals surface area contributed by atoms with Gasteiger partial charge in [-0.15, -0.1) is 0 Å². The van der Waals surface area contributed by atoms with Crippen LogP contribution < -0.4 is 10.1 Å². The highest BCUT2D eigenvalue weighted by Crippen LogP contribution is 2.33. The molecule has 1 saturated heterocycles. The van der Waals surface area contributed by atoms with Crippen LogP contribution >= 0.6 is 0 Å². The Bertz CT molecular complexity index is 825. The number of benzene rings is 2. The van der Waals surface area contributed by atoms with Crippen molar-refractivity contribution >= 4 is 17.4 Å². The number of aliphatic hydroxyl groups is 1. The van der Waals surface area contributed by atoms with E-state index in [0.717, 1.165) is 0 Å². The van der Waals surface area contributed by atoms with Crippen LogP contribution in [0.3, 0.4) is 0 Å². The normalized spacial score (nSPS) is 19.2. The van der Waals surface area contributed by atoms with Crippen molar-refractivity contribution in [2.75, 3.05) is 7.11 Å². The number of amides is 1. The van der Waals surface area contributed by atoms with Crippen molar-refractivity contribution in [2.45, 2.75) is 6.04 Å². The van der Waals surface area contributed by atoms with E-state index in [1.165, 1.54) is 31.4 Å². The van der Waals surface area contributed by atoms with Gasteiger partial charge in [0, 0.05) is 5.56 Å². The zero-order chi connectivity index (χ0) is 17.3. The van der Waals surface area contributed by atoms with Crippen molar-refractivity contribution < 1.29 is 23.8 Å². The summed E-state index contributed by atoms with van der Waals surface area (Å²) in [5.41, 5.74) is 0.824. The second kappa shape index (κ2) is 6.16. The van der Waals surface area contributed by atoms with Crippen LogP contribution in [0.25, 0.3) is 5.76 Å². The Morgan fingerprint density at radius 2 is 1.71 bits per heavy atom. The van der Waals surface area contributed by atoms with Gasteiger partial charge in [-0.3, -0.25) is 9.59 Å². The molecule has 2 N–H and O–H groups in total. The van der Waals surface area contributed by atoms with Crippen LogP contribution in [-0.4, -0.2) is 23.9 Å². The van der Waals surface area contributed by atoms with Crippen molar-refractivity contribution in [3.63, 3.8) is 0 Å². The molecule has 2 aromatic carbocycles. The number of halogens is 1. The Morgan fingerprint density at radius 1 is 1.08 bits per heavy atom. The predicted molar refractivity (Wildman–Crippen MR) is 84.8 cm³/mol. The maximum Gasteiger partial charge on any atom is 0.293 e. The summed E-state index contributed by atoms with van der Waals surface area (Å²) < 4.78 is 18.1. The van der Waals surface area contributed by atoms with E-state index in [9.17, 15) is 19.1 Å². The minimum absolute atomic E-state index is 0.0585. The van der Waals surface area contributed by atoms with Crippen molar-refractivity contribution in [3.05, 3.63) is 71.0 Å². The Balaban J connectivity index is 2.07. The Hall–Kier alpha value is -3.15. The summed E-state index contributed by atoms with van der Waals surface area (Å²) in [7, 11) is 1.51. The molecular weight excluding hydrogens is 313 g/mol. The molecule has 0 saturated carbocycles. The molecule has 0 aromatic heterocycles. The van der Waals surface area contributed by atoms with Gasteiger partial charge < -0.3 is 15.2 Å². The topological polar surface area (TPSA) is 75.6 Å². The molecule has 1 fully saturated rings. The van der Waals surface area contributed by atoms with Gasteiger partial charge in [0.25, 0.3) is 11.7 Å². The number of nitrogens with one attached hydrogen (secondary N) is 1. The molecule has 0 spiro atoms. The largest absolute Gasteiger partial charge is 0.507 e. The molecule has 1 unspecified atom stereocenters. The first kappa shape index (κ1) is 15.7. The molecule has 6 heteroatoms. The third kappa shape index (κ3) is 2.74. The lowest BCUT2D eigenvalue weighted by Crippen LogP contribution is -2.21. The minimum Gasteiger partial charge on any atom is -0.507 e. The molecule has 1 aliphatic heterocycles. The quantitative estimate of drug-likeness (QED) is 0.516. The van der Waals surface area contributed by atoms with Crippen LogP contribution in [0.4, 0.5) is 4.39 Å². The van der Waals surface area contributed by atoms with Crippen LogP contribution in [0.15, 0.2) is 54.1 Å². The molecule has 1 amide bonds. The molecule has 2 aromatic rings. The molecule has 1 atom stereocenters. The summed E-state index contributed by atoms with van der Waals surface area (Å²) in [6, 6.07) is 11.0. The van der Waals surface area contributed by atoms with E-state index >= 15 is 0 Å². The third-order valence-electron chi connectivity index (χ3n) is 3.84. The Morgan fingerprint density at radius 3 is 2.29 bits per heavy atom. The van der Waals surface area contributed by atoms with Gasteiger partial charge in [0.2, 0.25) is 0 Å². The van der Waals surface area contributed by atoms with Crippen molar-refractivity contribution in [1.29, 1.82) is 0 Å². The van der Waals surface area contributed by atoms with E-state index in [1.807, 2.05) is 0 Å². The van der Waals surface area contributed by atoms with E-state index in [4.69, 9.17) is 4.74 Å². The number of hydrogen-bond acceptors (Lipinski definition) is 4. The van der Waals surface area contributed by atoms with Gasteiger partial charge in [-0.25, -0.2) is 4.39 Å². The fourth-order valence-electron chi connectivity index (χ4n) is 2.58. The molecule has 3 rings (SSSR count). The number of carbonyl (C=O) groups is 2. The average Bonchev–Trinajstić information content (AvgIpc) is 2.90. The number of ketones is 1. The fraction of sp³-hybridized carbons (Fsp3) is 0.111. The summed E-state index contributed by atoms with van der Waals surface area (Å²) in [5.74, 6) is -1.75. The Labute approximate surface area is 137 Å². The van der Waals surface area contributed by atoms with Crippen LogP contribution in [0.5, 0.6) is 5.75 Å². The zero-order valence-electron chi connectivity index (χ0n) is 12.7. The molecule has 5 nitrogen and oxygen atoms in total. The smallest absolute Gasteiger partial charge is 0.293 e. The number of hydrogen-bond donors (Lipinski definition) is 2. The molecule has 24 heavy (non-hydrogen) atoms. The fourth-order valence-corrected chi connectivity index (χ4v) is 2.58. The molecule has 1 heterocycles. The molecule has 0 aliphatic carbocycles. The number of ether oxygens (including phenoxy) is 1. The summed E-state index contributed by atoms with van der Waals surface area (Å²) in [6.45, 7) is 0. The lowest BCUT2D eigenvalue weighted by Gasteiger charge is -2.13. The van der Waals surface area contributed by atoms with E-state index in [2.05, 4.69) is 5.32 Å². The molecule has 122 valence electrons. The molecule has 0 radical (unpaired) electrons. The van der Waals surface area contributed by atoms with Gasteiger partial charge in [0.15, 0.2) is 0 Å². The van der Waals surface area contributed by atoms with Crippen LogP contribution in [0.2, 0.25) is 0 Å². The second-order valence-corrected chi connectivity index (χ2v) is 5.28. The van der Waals surface area contributed by atoms with Gasteiger partial charge >= 0.3 is 0 Å². The van der Waals surface area contributed by atoms with E-state index in [-0.39, 0.29) is 11.3 Å². The van der Waals surface area contributed by atoms with Crippen molar-refractivity contribution in [2.24, 2.45) is 0 Å². The van der Waals surface area contributed by atoms with Gasteiger partial charge in [0.1, 0.15) is 17.3 Å². The highest BCUT2D eigenvalue weighted by Gasteiger charge is 2.39. The van der Waals surface area contributed by atoms with Crippen LogP contribution in [0.1, 0.15) is 17.2 Å². The maximum absolute atomic E-state index is 13.1. The van der Waals surface area contributed by atoms with E-state index in [1.54, 1.807) is 24.3 Å².